The first-order chi connectivity index (χ1) is 9.25. The van der Waals surface area contributed by atoms with E-state index in [0.717, 1.165) is 12.0 Å². The van der Waals surface area contributed by atoms with Crippen molar-refractivity contribution in [1.82, 2.24) is 0 Å². The number of ketones is 1. The van der Waals surface area contributed by atoms with Gasteiger partial charge in [0.2, 0.25) is 0 Å². The summed E-state index contributed by atoms with van der Waals surface area (Å²) in [6, 6.07) is 17.7. The zero-order valence-corrected chi connectivity index (χ0v) is 11.1. The quantitative estimate of drug-likeness (QED) is 0.583. The molecule has 0 radical (unpaired) electrons. The Balaban J connectivity index is 1.74. The number of carbonyl (C=O) groups excluding carboxylic acids is 1. The third-order valence-corrected chi connectivity index (χ3v) is 2.98. The molecule has 0 saturated carbocycles. The molecule has 0 heterocycles. The van der Waals surface area contributed by atoms with Crippen LogP contribution >= 0.6 is 0 Å². The van der Waals surface area contributed by atoms with Gasteiger partial charge in [-0.1, -0.05) is 60.2 Å². The second kappa shape index (κ2) is 6.86. The lowest BCUT2D eigenvalue weighted by atomic mass is 10.1. The number of carbonyl (C=O) groups is 1. The summed E-state index contributed by atoms with van der Waals surface area (Å²) in [4.78, 5) is 11.8. The maximum atomic E-state index is 11.8. The summed E-state index contributed by atoms with van der Waals surface area (Å²) < 4.78 is 5.43. The molecule has 2 nitrogen and oxygen atoms in total. The summed E-state index contributed by atoms with van der Waals surface area (Å²) in [5.41, 5.74) is 3.09. The van der Waals surface area contributed by atoms with E-state index in [1.54, 1.807) is 0 Å². The summed E-state index contributed by atoms with van der Waals surface area (Å²) in [5, 5.41) is 0. The van der Waals surface area contributed by atoms with Crippen LogP contribution in [0.4, 0.5) is 0 Å². The highest BCUT2D eigenvalue weighted by Gasteiger charge is 2.05. The molecule has 2 rings (SSSR count). The Labute approximate surface area is 114 Å². The number of aryl methyl sites for hydroxylation is 1. The van der Waals surface area contributed by atoms with Crippen molar-refractivity contribution in [2.24, 2.45) is 0 Å². The fraction of sp³-hybridized carbons (Fsp3) is 0.235. The van der Waals surface area contributed by atoms with Gasteiger partial charge in [0.15, 0.2) is 5.78 Å². The Morgan fingerprint density at radius 3 is 2.37 bits per heavy atom. The van der Waals surface area contributed by atoms with Crippen molar-refractivity contribution in [2.45, 2.75) is 13.3 Å². The van der Waals surface area contributed by atoms with Crippen molar-refractivity contribution >= 4 is 5.78 Å². The zero-order chi connectivity index (χ0) is 13.5. The van der Waals surface area contributed by atoms with Crippen LogP contribution < -0.4 is 0 Å². The fourth-order valence-corrected chi connectivity index (χ4v) is 1.82. The third-order valence-electron chi connectivity index (χ3n) is 2.98. The minimum atomic E-state index is 0.0352. The van der Waals surface area contributed by atoms with Crippen LogP contribution in [0.25, 0.3) is 0 Å². The molecule has 19 heavy (non-hydrogen) atoms. The molecule has 0 spiro atoms. The first-order valence-electron chi connectivity index (χ1n) is 6.47. The molecule has 0 aliphatic carbocycles. The lowest BCUT2D eigenvalue weighted by molar-refractivity contribution is 0.0765. The summed E-state index contributed by atoms with van der Waals surface area (Å²) in [6.45, 7) is 2.72. The molecule has 0 unspecified atom stereocenters. The smallest absolute Gasteiger partial charge is 0.188 e. The van der Waals surface area contributed by atoms with Crippen LogP contribution in [0.2, 0.25) is 0 Å². The van der Waals surface area contributed by atoms with Gasteiger partial charge in [0.1, 0.15) is 6.61 Å². The van der Waals surface area contributed by atoms with Gasteiger partial charge < -0.3 is 4.74 Å². The summed E-state index contributed by atoms with van der Waals surface area (Å²) in [6.07, 6.45) is 0.835. The Bertz CT molecular complexity index is 515. The van der Waals surface area contributed by atoms with Crippen LogP contribution in [0.5, 0.6) is 0 Å². The Morgan fingerprint density at radius 1 is 1.00 bits per heavy atom. The van der Waals surface area contributed by atoms with E-state index in [2.05, 4.69) is 12.1 Å². The predicted octanol–water partition coefficient (Wildman–Crippen LogP) is 3.44. The monoisotopic (exact) mass is 254 g/mol. The van der Waals surface area contributed by atoms with Gasteiger partial charge in [-0.05, 0) is 18.9 Å². The van der Waals surface area contributed by atoms with Gasteiger partial charge in [0.25, 0.3) is 0 Å². The van der Waals surface area contributed by atoms with Crippen molar-refractivity contribution in [1.29, 1.82) is 0 Å². The van der Waals surface area contributed by atoms with E-state index in [1.165, 1.54) is 5.56 Å². The van der Waals surface area contributed by atoms with E-state index in [4.69, 9.17) is 4.74 Å². The van der Waals surface area contributed by atoms with Crippen molar-refractivity contribution in [2.75, 3.05) is 13.2 Å². The number of hydrogen-bond donors (Lipinski definition) is 0. The molecular weight excluding hydrogens is 236 g/mol. The van der Waals surface area contributed by atoms with E-state index in [1.807, 2.05) is 49.4 Å². The number of hydrogen-bond acceptors (Lipinski definition) is 2. The van der Waals surface area contributed by atoms with Crippen LogP contribution in [0, 0.1) is 6.92 Å². The second-order valence-electron chi connectivity index (χ2n) is 4.58. The van der Waals surface area contributed by atoms with E-state index < -0.39 is 0 Å². The van der Waals surface area contributed by atoms with E-state index in [-0.39, 0.29) is 12.4 Å². The zero-order valence-electron chi connectivity index (χ0n) is 11.1. The van der Waals surface area contributed by atoms with Crippen molar-refractivity contribution in [3.63, 3.8) is 0 Å². The van der Waals surface area contributed by atoms with Crippen LogP contribution in [0.1, 0.15) is 21.5 Å². The number of benzene rings is 2. The highest BCUT2D eigenvalue weighted by molar-refractivity contribution is 5.97. The molecule has 0 aromatic heterocycles. The molecule has 2 heteroatoms. The van der Waals surface area contributed by atoms with Gasteiger partial charge in [-0.3, -0.25) is 4.79 Å². The van der Waals surface area contributed by atoms with Crippen LogP contribution in [-0.4, -0.2) is 19.0 Å². The third kappa shape index (κ3) is 4.34. The van der Waals surface area contributed by atoms with E-state index in [9.17, 15) is 4.79 Å². The average Bonchev–Trinajstić information content (AvgIpc) is 2.45. The van der Waals surface area contributed by atoms with Gasteiger partial charge in [-0.2, -0.15) is 0 Å². The molecule has 2 aromatic rings. The Kier molecular flexibility index (Phi) is 4.87. The average molecular weight is 254 g/mol. The Morgan fingerprint density at radius 2 is 1.68 bits per heavy atom. The van der Waals surface area contributed by atoms with Crippen molar-refractivity contribution in [3.8, 4) is 0 Å². The van der Waals surface area contributed by atoms with Gasteiger partial charge in [0.05, 0.1) is 6.61 Å². The fourth-order valence-electron chi connectivity index (χ4n) is 1.82. The predicted molar refractivity (Wildman–Crippen MR) is 76.5 cm³/mol. The van der Waals surface area contributed by atoms with Gasteiger partial charge >= 0.3 is 0 Å². The molecule has 0 saturated heterocycles. The van der Waals surface area contributed by atoms with Crippen molar-refractivity contribution in [3.05, 3.63) is 71.3 Å². The summed E-state index contributed by atoms with van der Waals surface area (Å²) in [7, 11) is 0. The highest BCUT2D eigenvalue weighted by atomic mass is 16.5. The number of rotatable bonds is 6. The topological polar surface area (TPSA) is 26.3 Å². The molecule has 0 aliphatic heterocycles. The first kappa shape index (κ1) is 13.5. The SMILES string of the molecule is Cc1ccc(C(=O)COCCc2ccccc2)cc1. The summed E-state index contributed by atoms with van der Waals surface area (Å²) >= 11 is 0. The van der Waals surface area contributed by atoms with E-state index >= 15 is 0 Å². The van der Waals surface area contributed by atoms with Crippen LogP contribution in [-0.2, 0) is 11.2 Å². The van der Waals surface area contributed by atoms with Gasteiger partial charge in [-0.15, -0.1) is 0 Å². The lowest BCUT2D eigenvalue weighted by Crippen LogP contribution is -2.10. The molecule has 0 amide bonds. The largest absolute Gasteiger partial charge is 0.373 e. The molecule has 0 bridgehead atoms. The molecule has 98 valence electrons. The van der Waals surface area contributed by atoms with Gasteiger partial charge in [-0.25, -0.2) is 0 Å². The lowest BCUT2D eigenvalue weighted by Gasteiger charge is -2.04. The number of ether oxygens (including phenoxy) is 1. The summed E-state index contributed by atoms with van der Waals surface area (Å²) in [5.74, 6) is 0.0352. The molecule has 0 fully saturated rings. The maximum absolute atomic E-state index is 11.8. The van der Waals surface area contributed by atoms with Crippen molar-refractivity contribution < 1.29 is 9.53 Å². The molecular formula is C17H18O2. The Hall–Kier alpha value is -1.93. The molecule has 0 atom stereocenters. The minimum absolute atomic E-state index is 0.0352. The van der Waals surface area contributed by atoms with E-state index in [0.29, 0.717) is 12.2 Å². The molecule has 2 aromatic carbocycles. The van der Waals surface area contributed by atoms with Crippen LogP contribution in [0.15, 0.2) is 54.6 Å². The standard InChI is InChI=1S/C17H18O2/c1-14-7-9-16(10-8-14)17(18)13-19-12-11-15-5-3-2-4-6-15/h2-10H,11-13H2,1H3. The molecule has 0 N–H and O–H groups in total. The molecule has 0 aliphatic rings. The minimum Gasteiger partial charge on any atom is -0.373 e. The highest BCUT2D eigenvalue weighted by Crippen LogP contribution is 2.05. The van der Waals surface area contributed by atoms with Gasteiger partial charge in [0, 0.05) is 5.56 Å². The first-order valence-corrected chi connectivity index (χ1v) is 6.47. The maximum Gasteiger partial charge on any atom is 0.188 e. The number of Topliss-reactive ketones (excluding diaryl/α,β-unsaturated/α-hetero) is 1. The van der Waals surface area contributed by atoms with Crippen LogP contribution in [0.3, 0.4) is 0 Å². The normalized spacial score (nSPS) is 10.4. The second-order valence-corrected chi connectivity index (χ2v) is 4.58.